The fourth-order valence-electron chi connectivity index (χ4n) is 3.63. The van der Waals surface area contributed by atoms with E-state index in [9.17, 15) is 0 Å². The summed E-state index contributed by atoms with van der Waals surface area (Å²) in [5.74, 6) is 1.92. The predicted molar refractivity (Wildman–Crippen MR) is 61.3 cm³/mol. The monoisotopic (exact) mass is 195 g/mol. The van der Waals surface area contributed by atoms with Gasteiger partial charge >= 0.3 is 0 Å². The van der Waals surface area contributed by atoms with E-state index in [1.807, 2.05) is 0 Å². The van der Waals surface area contributed by atoms with Gasteiger partial charge in [0.2, 0.25) is 0 Å². The molecule has 0 aromatic heterocycles. The SMILES string of the molecule is CC(C)CC1CCCC2(CCNC2)C1. The topological polar surface area (TPSA) is 12.0 Å². The lowest BCUT2D eigenvalue weighted by Gasteiger charge is -2.38. The molecule has 1 saturated carbocycles. The van der Waals surface area contributed by atoms with E-state index in [1.54, 1.807) is 0 Å². The van der Waals surface area contributed by atoms with Crippen molar-refractivity contribution in [2.24, 2.45) is 17.3 Å². The van der Waals surface area contributed by atoms with E-state index in [-0.39, 0.29) is 0 Å². The second-order valence-corrected chi connectivity index (χ2v) is 6.02. The van der Waals surface area contributed by atoms with Gasteiger partial charge in [0, 0.05) is 6.54 Å². The first-order valence-corrected chi connectivity index (χ1v) is 6.41. The van der Waals surface area contributed by atoms with Crippen molar-refractivity contribution in [3.8, 4) is 0 Å². The molecule has 1 saturated heterocycles. The summed E-state index contributed by atoms with van der Waals surface area (Å²) in [4.78, 5) is 0. The van der Waals surface area contributed by atoms with Crippen molar-refractivity contribution < 1.29 is 0 Å². The maximum atomic E-state index is 3.56. The molecule has 2 aliphatic rings. The van der Waals surface area contributed by atoms with Crippen LogP contribution in [0.5, 0.6) is 0 Å². The summed E-state index contributed by atoms with van der Waals surface area (Å²) in [6.45, 7) is 7.32. The largest absolute Gasteiger partial charge is 0.316 e. The van der Waals surface area contributed by atoms with Crippen LogP contribution in [0.25, 0.3) is 0 Å². The summed E-state index contributed by atoms with van der Waals surface area (Å²) in [5.41, 5.74) is 0.720. The number of hydrogen-bond donors (Lipinski definition) is 1. The van der Waals surface area contributed by atoms with Crippen molar-refractivity contribution in [1.29, 1.82) is 0 Å². The van der Waals surface area contributed by atoms with E-state index >= 15 is 0 Å². The summed E-state index contributed by atoms with van der Waals surface area (Å²) >= 11 is 0. The Hall–Kier alpha value is -0.0400. The van der Waals surface area contributed by atoms with Gasteiger partial charge < -0.3 is 5.32 Å². The van der Waals surface area contributed by atoms with Crippen molar-refractivity contribution in [3.63, 3.8) is 0 Å². The first-order chi connectivity index (χ1) is 6.70. The van der Waals surface area contributed by atoms with Gasteiger partial charge in [0.15, 0.2) is 0 Å². The summed E-state index contributed by atoms with van der Waals surface area (Å²) < 4.78 is 0. The highest BCUT2D eigenvalue weighted by Crippen LogP contribution is 2.45. The molecule has 0 amide bonds. The molecule has 1 aliphatic carbocycles. The van der Waals surface area contributed by atoms with Crippen LogP contribution >= 0.6 is 0 Å². The average molecular weight is 195 g/mol. The van der Waals surface area contributed by atoms with Gasteiger partial charge in [-0.05, 0) is 49.5 Å². The van der Waals surface area contributed by atoms with Crippen LogP contribution in [0.1, 0.15) is 52.4 Å². The molecular formula is C13H25N. The minimum Gasteiger partial charge on any atom is -0.316 e. The number of nitrogens with one attached hydrogen (secondary N) is 1. The van der Waals surface area contributed by atoms with Crippen LogP contribution in [0, 0.1) is 17.3 Å². The molecule has 1 spiro atoms. The van der Waals surface area contributed by atoms with Crippen molar-refractivity contribution in [1.82, 2.24) is 5.32 Å². The Morgan fingerprint density at radius 3 is 2.86 bits per heavy atom. The minimum atomic E-state index is 0.720. The van der Waals surface area contributed by atoms with E-state index in [2.05, 4.69) is 19.2 Å². The van der Waals surface area contributed by atoms with Crippen molar-refractivity contribution in [3.05, 3.63) is 0 Å². The third-order valence-electron chi connectivity index (χ3n) is 4.18. The normalized spacial score (nSPS) is 38.4. The quantitative estimate of drug-likeness (QED) is 0.713. The Morgan fingerprint density at radius 2 is 2.21 bits per heavy atom. The Morgan fingerprint density at radius 1 is 1.36 bits per heavy atom. The van der Waals surface area contributed by atoms with Crippen LogP contribution in [-0.4, -0.2) is 13.1 Å². The lowest BCUT2D eigenvalue weighted by molar-refractivity contribution is 0.144. The van der Waals surface area contributed by atoms with Crippen LogP contribution in [0.3, 0.4) is 0 Å². The second kappa shape index (κ2) is 4.22. The van der Waals surface area contributed by atoms with Crippen LogP contribution in [0.2, 0.25) is 0 Å². The van der Waals surface area contributed by atoms with E-state index in [0.29, 0.717) is 0 Å². The molecule has 2 fully saturated rings. The predicted octanol–water partition coefficient (Wildman–Crippen LogP) is 3.20. The van der Waals surface area contributed by atoms with Gasteiger partial charge in [-0.25, -0.2) is 0 Å². The molecule has 0 aromatic rings. The smallest absolute Gasteiger partial charge is 0.000839 e. The molecular weight excluding hydrogens is 170 g/mol. The van der Waals surface area contributed by atoms with Gasteiger partial charge in [-0.2, -0.15) is 0 Å². The maximum absolute atomic E-state index is 3.56. The van der Waals surface area contributed by atoms with Gasteiger partial charge in [0.25, 0.3) is 0 Å². The molecule has 1 aliphatic heterocycles. The maximum Gasteiger partial charge on any atom is 0.000839 e. The molecule has 0 bridgehead atoms. The zero-order valence-electron chi connectivity index (χ0n) is 9.81. The van der Waals surface area contributed by atoms with Gasteiger partial charge in [-0.15, -0.1) is 0 Å². The molecule has 2 rings (SSSR count). The first-order valence-electron chi connectivity index (χ1n) is 6.41. The molecule has 0 radical (unpaired) electrons. The zero-order chi connectivity index (χ0) is 10.0. The number of hydrogen-bond acceptors (Lipinski definition) is 1. The summed E-state index contributed by atoms with van der Waals surface area (Å²) in [6.07, 6.45) is 8.90. The Balaban J connectivity index is 1.90. The lowest BCUT2D eigenvalue weighted by Crippen LogP contribution is -2.31. The summed E-state index contributed by atoms with van der Waals surface area (Å²) in [6, 6.07) is 0. The Labute approximate surface area is 88.7 Å². The van der Waals surface area contributed by atoms with Gasteiger partial charge in [-0.3, -0.25) is 0 Å². The highest BCUT2D eigenvalue weighted by molar-refractivity contribution is 4.92. The van der Waals surface area contributed by atoms with Crippen LogP contribution in [0.4, 0.5) is 0 Å². The molecule has 0 aromatic carbocycles. The average Bonchev–Trinajstić information content (AvgIpc) is 2.52. The van der Waals surface area contributed by atoms with Crippen LogP contribution < -0.4 is 5.32 Å². The van der Waals surface area contributed by atoms with E-state index < -0.39 is 0 Å². The fourth-order valence-corrected chi connectivity index (χ4v) is 3.63. The highest BCUT2D eigenvalue weighted by Gasteiger charge is 2.38. The first kappa shape index (κ1) is 10.5. The Kier molecular flexibility index (Phi) is 3.16. The third-order valence-corrected chi connectivity index (χ3v) is 4.18. The Bertz CT molecular complexity index is 180. The lowest BCUT2D eigenvalue weighted by atomic mass is 9.67. The van der Waals surface area contributed by atoms with E-state index in [4.69, 9.17) is 0 Å². The van der Waals surface area contributed by atoms with Gasteiger partial charge in [-0.1, -0.05) is 26.7 Å². The molecule has 1 nitrogen and oxygen atoms in total. The van der Waals surface area contributed by atoms with E-state index in [0.717, 1.165) is 17.3 Å². The third kappa shape index (κ3) is 2.31. The fraction of sp³-hybridized carbons (Fsp3) is 1.00. The molecule has 1 heteroatoms. The van der Waals surface area contributed by atoms with E-state index in [1.165, 1.54) is 51.6 Å². The minimum absolute atomic E-state index is 0.720. The van der Waals surface area contributed by atoms with Crippen molar-refractivity contribution >= 4 is 0 Å². The number of rotatable bonds is 2. The van der Waals surface area contributed by atoms with Gasteiger partial charge in [0.05, 0.1) is 0 Å². The molecule has 82 valence electrons. The zero-order valence-corrected chi connectivity index (χ0v) is 9.81. The van der Waals surface area contributed by atoms with Crippen molar-refractivity contribution in [2.45, 2.75) is 52.4 Å². The molecule has 2 atom stereocenters. The summed E-state index contributed by atoms with van der Waals surface area (Å²) in [5, 5.41) is 3.56. The molecule has 1 N–H and O–H groups in total. The second-order valence-electron chi connectivity index (χ2n) is 6.02. The van der Waals surface area contributed by atoms with Crippen molar-refractivity contribution in [2.75, 3.05) is 13.1 Å². The van der Waals surface area contributed by atoms with Crippen LogP contribution in [-0.2, 0) is 0 Å². The van der Waals surface area contributed by atoms with Gasteiger partial charge in [0.1, 0.15) is 0 Å². The molecule has 14 heavy (non-hydrogen) atoms. The van der Waals surface area contributed by atoms with Crippen LogP contribution in [0.15, 0.2) is 0 Å². The summed E-state index contributed by atoms with van der Waals surface area (Å²) in [7, 11) is 0. The highest BCUT2D eigenvalue weighted by atomic mass is 14.9. The molecule has 1 heterocycles. The standard InChI is InChI=1S/C13H25N/c1-11(2)8-12-4-3-5-13(9-12)6-7-14-10-13/h11-12,14H,3-10H2,1-2H3. The molecule has 2 unspecified atom stereocenters.